The summed E-state index contributed by atoms with van der Waals surface area (Å²) in [6.07, 6.45) is 3.03. The van der Waals surface area contributed by atoms with E-state index in [2.05, 4.69) is 9.97 Å². The van der Waals surface area contributed by atoms with E-state index in [1.807, 2.05) is 11.0 Å². The molecule has 0 saturated carbocycles. The van der Waals surface area contributed by atoms with Gasteiger partial charge >= 0.3 is 0 Å². The van der Waals surface area contributed by atoms with Crippen molar-refractivity contribution in [3.8, 4) is 0 Å². The summed E-state index contributed by atoms with van der Waals surface area (Å²) in [4.78, 5) is 21.8. The smallest absolute Gasteiger partial charge is 0.224 e. The molecule has 0 aliphatic carbocycles. The molecule has 6 nitrogen and oxygen atoms in total. The number of carbonyl (C=O) groups is 1. The molecule has 0 radical (unpaired) electrons. The van der Waals surface area contributed by atoms with Crippen molar-refractivity contribution < 1.29 is 9.53 Å². The number of amides is 1. The van der Waals surface area contributed by atoms with Crippen LogP contribution >= 0.6 is 0 Å². The Labute approximate surface area is 106 Å². The molecule has 6 heteroatoms. The maximum atomic E-state index is 11.8. The van der Waals surface area contributed by atoms with E-state index in [1.165, 1.54) is 0 Å². The van der Waals surface area contributed by atoms with Gasteiger partial charge in [0.05, 0.1) is 18.7 Å². The average molecular weight is 250 g/mol. The van der Waals surface area contributed by atoms with Crippen molar-refractivity contribution in [2.75, 3.05) is 32.5 Å². The number of nitrogens with two attached hydrogens (primary N) is 1. The minimum atomic E-state index is 0.140. The lowest BCUT2D eigenvalue weighted by Crippen LogP contribution is -2.29. The van der Waals surface area contributed by atoms with Gasteiger partial charge in [-0.15, -0.1) is 0 Å². The Bertz CT molecular complexity index is 424. The Morgan fingerprint density at radius 1 is 1.67 bits per heavy atom. The van der Waals surface area contributed by atoms with Crippen LogP contribution in [0.4, 0.5) is 5.95 Å². The van der Waals surface area contributed by atoms with Crippen LogP contribution in [-0.2, 0) is 9.53 Å². The van der Waals surface area contributed by atoms with E-state index in [-0.39, 0.29) is 17.8 Å². The van der Waals surface area contributed by atoms with E-state index in [0.717, 1.165) is 18.7 Å². The van der Waals surface area contributed by atoms with Gasteiger partial charge < -0.3 is 15.4 Å². The Balaban J connectivity index is 1.94. The molecule has 1 fully saturated rings. The first-order valence-electron chi connectivity index (χ1n) is 6.06. The predicted molar refractivity (Wildman–Crippen MR) is 66.9 cm³/mol. The van der Waals surface area contributed by atoms with Crippen molar-refractivity contribution in [3.63, 3.8) is 0 Å². The fourth-order valence-corrected chi connectivity index (χ4v) is 2.19. The van der Waals surface area contributed by atoms with Crippen LogP contribution in [0.2, 0.25) is 0 Å². The largest absolute Gasteiger partial charge is 0.384 e. The topological polar surface area (TPSA) is 81.3 Å². The van der Waals surface area contributed by atoms with Gasteiger partial charge in [0.15, 0.2) is 0 Å². The van der Waals surface area contributed by atoms with E-state index < -0.39 is 0 Å². The first-order chi connectivity index (χ1) is 8.70. The highest BCUT2D eigenvalue weighted by Gasteiger charge is 2.27. The minimum absolute atomic E-state index is 0.140. The van der Waals surface area contributed by atoms with Gasteiger partial charge in [0, 0.05) is 32.3 Å². The molecule has 1 aromatic heterocycles. The Morgan fingerprint density at radius 3 is 3.22 bits per heavy atom. The van der Waals surface area contributed by atoms with Crippen molar-refractivity contribution in [2.45, 2.75) is 18.8 Å². The Morgan fingerprint density at radius 2 is 2.50 bits per heavy atom. The normalized spacial score (nSPS) is 19.2. The molecular formula is C12H18N4O2. The fourth-order valence-electron chi connectivity index (χ4n) is 2.19. The molecule has 0 unspecified atom stereocenters. The highest BCUT2D eigenvalue weighted by atomic mass is 16.5. The first kappa shape index (κ1) is 12.8. The highest BCUT2D eigenvalue weighted by Crippen LogP contribution is 2.26. The lowest BCUT2D eigenvalue weighted by Gasteiger charge is -2.16. The van der Waals surface area contributed by atoms with E-state index in [1.54, 1.807) is 13.3 Å². The summed E-state index contributed by atoms with van der Waals surface area (Å²) in [5.41, 5.74) is 6.49. The van der Waals surface area contributed by atoms with Gasteiger partial charge in [0.2, 0.25) is 11.9 Å². The van der Waals surface area contributed by atoms with Crippen molar-refractivity contribution in [3.05, 3.63) is 18.0 Å². The van der Waals surface area contributed by atoms with Gasteiger partial charge in [0.1, 0.15) is 0 Å². The number of ether oxygens (including phenoxy) is 1. The van der Waals surface area contributed by atoms with E-state index >= 15 is 0 Å². The van der Waals surface area contributed by atoms with Gasteiger partial charge in [0.25, 0.3) is 0 Å². The molecule has 1 aromatic rings. The van der Waals surface area contributed by atoms with Crippen LogP contribution in [0, 0.1) is 0 Å². The first-order valence-corrected chi connectivity index (χ1v) is 6.06. The number of likely N-dealkylation sites (tertiary alicyclic amines) is 1. The third kappa shape index (κ3) is 2.95. The second-order valence-electron chi connectivity index (χ2n) is 4.41. The predicted octanol–water partition coefficient (Wildman–Crippen LogP) is 0.411. The lowest BCUT2D eigenvalue weighted by molar-refractivity contribution is -0.131. The minimum Gasteiger partial charge on any atom is -0.384 e. The number of anilines is 1. The molecule has 1 atom stereocenters. The van der Waals surface area contributed by atoms with Crippen LogP contribution in [0.15, 0.2) is 12.3 Å². The van der Waals surface area contributed by atoms with Gasteiger partial charge in [-0.2, -0.15) is 0 Å². The fraction of sp³-hybridized carbons (Fsp3) is 0.583. The van der Waals surface area contributed by atoms with Crippen LogP contribution in [-0.4, -0.2) is 47.6 Å². The summed E-state index contributed by atoms with van der Waals surface area (Å²) in [7, 11) is 1.60. The third-order valence-corrected chi connectivity index (χ3v) is 3.18. The number of hydrogen-bond acceptors (Lipinski definition) is 5. The van der Waals surface area contributed by atoms with E-state index in [4.69, 9.17) is 10.5 Å². The molecule has 1 amide bonds. The number of methoxy groups -OCH3 is 1. The van der Waals surface area contributed by atoms with Crippen molar-refractivity contribution in [2.24, 2.45) is 0 Å². The monoisotopic (exact) mass is 250 g/mol. The van der Waals surface area contributed by atoms with E-state index in [0.29, 0.717) is 19.6 Å². The summed E-state index contributed by atoms with van der Waals surface area (Å²) < 4.78 is 4.91. The number of hydrogen-bond donors (Lipinski definition) is 1. The number of nitrogen functional groups attached to an aromatic ring is 1. The van der Waals surface area contributed by atoms with Crippen LogP contribution < -0.4 is 5.73 Å². The van der Waals surface area contributed by atoms with Crippen LogP contribution in [0.3, 0.4) is 0 Å². The van der Waals surface area contributed by atoms with Crippen LogP contribution in [0.5, 0.6) is 0 Å². The number of rotatable bonds is 4. The SMILES string of the molecule is COCCC(=O)N1CC[C@H](c2ccnc(N)n2)C1. The molecule has 1 aliphatic heterocycles. The zero-order valence-corrected chi connectivity index (χ0v) is 10.5. The van der Waals surface area contributed by atoms with Gasteiger partial charge in [-0.25, -0.2) is 9.97 Å². The molecule has 0 bridgehead atoms. The van der Waals surface area contributed by atoms with Gasteiger partial charge in [-0.1, -0.05) is 0 Å². The van der Waals surface area contributed by atoms with Crippen molar-refractivity contribution in [1.82, 2.24) is 14.9 Å². The molecule has 2 N–H and O–H groups in total. The van der Waals surface area contributed by atoms with Crippen molar-refractivity contribution >= 4 is 11.9 Å². The van der Waals surface area contributed by atoms with Gasteiger partial charge in [-0.05, 0) is 12.5 Å². The second kappa shape index (κ2) is 5.77. The molecule has 98 valence electrons. The quantitative estimate of drug-likeness (QED) is 0.837. The summed E-state index contributed by atoms with van der Waals surface area (Å²) >= 11 is 0. The summed E-state index contributed by atoms with van der Waals surface area (Å²) in [5.74, 6) is 0.694. The maximum Gasteiger partial charge on any atom is 0.224 e. The second-order valence-corrected chi connectivity index (χ2v) is 4.41. The maximum absolute atomic E-state index is 11.8. The summed E-state index contributed by atoms with van der Waals surface area (Å²) in [6.45, 7) is 1.95. The molecular weight excluding hydrogens is 232 g/mol. The van der Waals surface area contributed by atoms with Gasteiger partial charge in [-0.3, -0.25) is 4.79 Å². The summed E-state index contributed by atoms with van der Waals surface area (Å²) in [5, 5.41) is 0. The summed E-state index contributed by atoms with van der Waals surface area (Å²) in [6, 6.07) is 1.87. The number of nitrogens with zero attached hydrogens (tertiary/aromatic N) is 3. The molecule has 0 aromatic carbocycles. The highest BCUT2D eigenvalue weighted by molar-refractivity contribution is 5.76. The zero-order chi connectivity index (χ0) is 13.0. The molecule has 1 saturated heterocycles. The Hall–Kier alpha value is -1.69. The molecule has 0 spiro atoms. The third-order valence-electron chi connectivity index (χ3n) is 3.18. The molecule has 18 heavy (non-hydrogen) atoms. The van der Waals surface area contributed by atoms with Crippen LogP contribution in [0.1, 0.15) is 24.5 Å². The standard InChI is InChI=1S/C12H18N4O2/c1-18-7-4-11(17)16-6-3-9(8-16)10-2-5-14-12(13)15-10/h2,5,9H,3-4,6-8H2,1H3,(H2,13,14,15)/t9-/m0/s1. The van der Waals surface area contributed by atoms with Crippen LogP contribution in [0.25, 0.3) is 0 Å². The zero-order valence-electron chi connectivity index (χ0n) is 10.5. The number of carbonyl (C=O) groups excluding carboxylic acids is 1. The number of aromatic nitrogens is 2. The molecule has 2 rings (SSSR count). The Kier molecular flexibility index (Phi) is 4.09. The average Bonchev–Trinajstić information content (AvgIpc) is 2.85. The van der Waals surface area contributed by atoms with Crippen molar-refractivity contribution in [1.29, 1.82) is 0 Å². The van der Waals surface area contributed by atoms with E-state index in [9.17, 15) is 4.79 Å². The molecule has 1 aliphatic rings. The lowest BCUT2D eigenvalue weighted by atomic mass is 10.1. The molecule has 2 heterocycles.